The van der Waals surface area contributed by atoms with E-state index in [2.05, 4.69) is 10.3 Å². The Morgan fingerprint density at radius 3 is 2.21 bits per heavy atom. The lowest BCUT2D eigenvalue weighted by Gasteiger charge is -2.23. The zero-order chi connectivity index (χ0) is 17.5. The van der Waals surface area contributed by atoms with E-state index in [0.29, 0.717) is 16.9 Å². The summed E-state index contributed by atoms with van der Waals surface area (Å²) in [6, 6.07) is 9.28. The number of fused-ring (bicyclic) bond motifs is 1. The Hall–Kier alpha value is -2.56. The van der Waals surface area contributed by atoms with Crippen molar-refractivity contribution in [3.63, 3.8) is 0 Å². The first-order chi connectivity index (χ1) is 11.2. The average molecular weight is 330 g/mol. The zero-order valence-electron chi connectivity index (χ0n) is 13.6. The van der Waals surface area contributed by atoms with Gasteiger partial charge in [-0.05, 0) is 62.6 Å². The van der Waals surface area contributed by atoms with E-state index in [1.807, 2.05) is 20.8 Å². The number of pyridine rings is 1. The van der Waals surface area contributed by atoms with Gasteiger partial charge in [-0.1, -0.05) is 0 Å². The lowest BCUT2D eigenvalue weighted by molar-refractivity contribution is 0.585. The number of aromatic nitrogens is 1. The molecule has 0 radical (unpaired) electrons. The van der Waals surface area contributed by atoms with E-state index < -0.39 is 11.6 Å². The molecular formula is C19H17F3N2. The van der Waals surface area contributed by atoms with Gasteiger partial charge in [0.1, 0.15) is 23.3 Å². The Morgan fingerprint density at radius 1 is 0.875 bits per heavy atom. The van der Waals surface area contributed by atoms with Crippen molar-refractivity contribution in [3.8, 4) is 11.3 Å². The van der Waals surface area contributed by atoms with Gasteiger partial charge in [-0.2, -0.15) is 0 Å². The van der Waals surface area contributed by atoms with Gasteiger partial charge in [0, 0.05) is 22.6 Å². The minimum atomic E-state index is -0.708. The summed E-state index contributed by atoms with van der Waals surface area (Å²) in [4.78, 5) is 4.48. The van der Waals surface area contributed by atoms with Crippen molar-refractivity contribution in [2.45, 2.75) is 26.3 Å². The lowest BCUT2D eigenvalue weighted by atomic mass is 10.0. The number of benzene rings is 2. The monoisotopic (exact) mass is 330 g/mol. The van der Waals surface area contributed by atoms with Crippen molar-refractivity contribution in [1.29, 1.82) is 0 Å². The Balaban J connectivity index is 2.25. The van der Waals surface area contributed by atoms with Crippen molar-refractivity contribution >= 4 is 16.6 Å². The van der Waals surface area contributed by atoms with Gasteiger partial charge in [-0.25, -0.2) is 18.2 Å². The molecule has 0 amide bonds. The number of hydrogen-bond acceptors (Lipinski definition) is 2. The summed E-state index contributed by atoms with van der Waals surface area (Å²) < 4.78 is 40.9. The van der Waals surface area contributed by atoms with Crippen LogP contribution in [-0.2, 0) is 0 Å². The summed E-state index contributed by atoms with van der Waals surface area (Å²) in [5, 5.41) is 4.58. The van der Waals surface area contributed by atoms with Crippen LogP contribution in [0.5, 0.6) is 0 Å². The molecule has 0 atom stereocenters. The normalized spacial score (nSPS) is 11.8. The second-order valence-corrected chi connectivity index (χ2v) is 6.72. The molecule has 0 saturated heterocycles. The van der Waals surface area contributed by atoms with Crippen LogP contribution in [0.1, 0.15) is 20.8 Å². The molecule has 0 bridgehead atoms. The van der Waals surface area contributed by atoms with E-state index in [-0.39, 0.29) is 16.9 Å². The highest BCUT2D eigenvalue weighted by molar-refractivity contribution is 5.94. The third-order valence-corrected chi connectivity index (χ3v) is 3.49. The molecule has 3 rings (SSSR count). The van der Waals surface area contributed by atoms with Crippen LogP contribution in [0.4, 0.5) is 19.0 Å². The first-order valence-corrected chi connectivity index (χ1v) is 7.57. The predicted molar refractivity (Wildman–Crippen MR) is 90.4 cm³/mol. The molecule has 24 heavy (non-hydrogen) atoms. The molecule has 0 unspecified atom stereocenters. The number of halogens is 3. The number of hydrogen-bond donors (Lipinski definition) is 1. The van der Waals surface area contributed by atoms with Crippen LogP contribution in [0.3, 0.4) is 0 Å². The molecule has 2 nitrogen and oxygen atoms in total. The summed E-state index contributed by atoms with van der Waals surface area (Å²) in [6.45, 7) is 5.90. The van der Waals surface area contributed by atoms with E-state index in [1.165, 1.54) is 24.3 Å². The SMILES string of the molecule is CC(C)(C)Nc1nc(-c2ccc(F)cc2F)cc2cc(F)ccc12. The van der Waals surface area contributed by atoms with Crippen LogP contribution in [-0.4, -0.2) is 10.5 Å². The second kappa shape index (κ2) is 5.82. The summed E-state index contributed by atoms with van der Waals surface area (Å²) in [5.41, 5.74) is 0.200. The third kappa shape index (κ3) is 3.35. The highest BCUT2D eigenvalue weighted by Gasteiger charge is 2.16. The molecule has 0 saturated carbocycles. The van der Waals surface area contributed by atoms with Crippen LogP contribution in [0.15, 0.2) is 42.5 Å². The molecule has 5 heteroatoms. The van der Waals surface area contributed by atoms with E-state index in [0.717, 1.165) is 11.5 Å². The standard InChI is InChI=1S/C19H17F3N2/c1-19(2,3)24-18-14-6-4-12(20)8-11(14)9-17(23-18)15-7-5-13(21)10-16(15)22/h4-10H,1-3H3,(H,23,24). The second-order valence-electron chi connectivity index (χ2n) is 6.72. The van der Waals surface area contributed by atoms with Crippen LogP contribution >= 0.6 is 0 Å². The van der Waals surface area contributed by atoms with Crippen molar-refractivity contribution < 1.29 is 13.2 Å². The number of nitrogens with one attached hydrogen (secondary N) is 1. The smallest absolute Gasteiger partial charge is 0.135 e. The fraction of sp³-hybridized carbons (Fsp3) is 0.211. The first kappa shape index (κ1) is 16.3. The van der Waals surface area contributed by atoms with Crippen molar-refractivity contribution in [2.24, 2.45) is 0 Å². The summed E-state index contributed by atoms with van der Waals surface area (Å²) in [6.07, 6.45) is 0. The Kier molecular flexibility index (Phi) is 3.95. The fourth-order valence-corrected chi connectivity index (χ4v) is 2.51. The van der Waals surface area contributed by atoms with Gasteiger partial charge in [0.05, 0.1) is 5.69 Å². The molecule has 0 spiro atoms. The highest BCUT2D eigenvalue weighted by Crippen LogP contribution is 2.31. The van der Waals surface area contributed by atoms with Gasteiger partial charge in [0.15, 0.2) is 0 Å². The minimum absolute atomic E-state index is 0.166. The molecule has 0 fully saturated rings. The first-order valence-electron chi connectivity index (χ1n) is 7.57. The topological polar surface area (TPSA) is 24.9 Å². The van der Waals surface area contributed by atoms with E-state index in [1.54, 1.807) is 12.1 Å². The van der Waals surface area contributed by atoms with Crippen LogP contribution in [0.2, 0.25) is 0 Å². The van der Waals surface area contributed by atoms with Gasteiger partial charge in [0.2, 0.25) is 0 Å². The van der Waals surface area contributed by atoms with E-state index in [9.17, 15) is 13.2 Å². The van der Waals surface area contributed by atoms with Crippen LogP contribution < -0.4 is 5.32 Å². The Morgan fingerprint density at radius 2 is 1.54 bits per heavy atom. The van der Waals surface area contributed by atoms with E-state index >= 15 is 0 Å². The molecule has 0 aliphatic carbocycles. The molecule has 3 aromatic rings. The molecule has 1 N–H and O–H groups in total. The van der Waals surface area contributed by atoms with Crippen LogP contribution in [0.25, 0.3) is 22.0 Å². The maximum Gasteiger partial charge on any atom is 0.135 e. The molecule has 124 valence electrons. The number of rotatable bonds is 2. The summed E-state index contributed by atoms with van der Waals surface area (Å²) in [7, 11) is 0. The molecule has 0 aliphatic heterocycles. The molecule has 1 heterocycles. The van der Waals surface area contributed by atoms with Crippen molar-refractivity contribution in [2.75, 3.05) is 5.32 Å². The van der Waals surface area contributed by atoms with Crippen LogP contribution in [0, 0.1) is 17.5 Å². The Labute approximate surface area is 138 Å². The van der Waals surface area contributed by atoms with Gasteiger partial charge < -0.3 is 5.32 Å². The van der Waals surface area contributed by atoms with Gasteiger partial charge >= 0.3 is 0 Å². The zero-order valence-corrected chi connectivity index (χ0v) is 13.6. The largest absolute Gasteiger partial charge is 0.365 e. The third-order valence-electron chi connectivity index (χ3n) is 3.49. The number of nitrogens with zero attached hydrogens (tertiary/aromatic N) is 1. The minimum Gasteiger partial charge on any atom is -0.365 e. The summed E-state index contributed by atoms with van der Waals surface area (Å²) >= 11 is 0. The highest BCUT2D eigenvalue weighted by atomic mass is 19.1. The summed E-state index contributed by atoms with van der Waals surface area (Å²) in [5.74, 6) is -1.23. The fourth-order valence-electron chi connectivity index (χ4n) is 2.51. The van der Waals surface area contributed by atoms with Crippen molar-refractivity contribution in [1.82, 2.24) is 4.98 Å². The predicted octanol–water partition coefficient (Wildman–Crippen LogP) is 5.53. The molecule has 2 aromatic carbocycles. The maximum atomic E-state index is 14.1. The average Bonchev–Trinajstić information content (AvgIpc) is 2.44. The number of anilines is 1. The lowest BCUT2D eigenvalue weighted by Crippen LogP contribution is -2.26. The van der Waals surface area contributed by atoms with Gasteiger partial charge in [-0.3, -0.25) is 0 Å². The van der Waals surface area contributed by atoms with Gasteiger partial charge in [-0.15, -0.1) is 0 Å². The van der Waals surface area contributed by atoms with E-state index in [4.69, 9.17) is 0 Å². The Bertz CT molecular complexity index is 914. The van der Waals surface area contributed by atoms with Crippen molar-refractivity contribution in [3.05, 3.63) is 59.9 Å². The quantitative estimate of drug-likeness (QED) is 0.668. The molecule has 1 aromatic heterocycles. The van der Waals surface area contributed by atoms with Gasteiger partial charge in [0.25, 0.3) is 0 Å². The maximum absolute atomic E-state index is 14.1. The molecular weight excluding hydrogens is 313 g/mol. The molecule has 0 aliphatic rings.